The van der Waals surface area contributed by atoms with Crippen LogP contribution < -0.4 is 0 Å². The molecule has 0 heterocycles. The van der Waals surface area contributed by atoms with Gasteiger partial charge in [-0.1, -0.05) is 36.4 Å². The van der Waals surface area contributed by atoms with Gasteiger partial charge in [0.05, 0.1) is 6.26 Å². The van der Waals surface area contributed by atoms with Crippen molar-refractivity contribution in [2.24, 2.45) is 0 Å². The lowest BCUT2D eigenvalue weighted by Gasteiger charge is -2.26. The molecule has 0 aromatic heterocycles. The molecule has 0 radical (unpaired) electrons. The van der Waals surface area contributed by atoms with Crippen molar-refractivity contribution in [2.75, 3.05) is 7.05 Å². The summed E-state index contributed by atoms with van der Waals surface area (Å²) in [5.74, 6) is -0.0293. The van der Waals surface area contributed by atoms with E-state index in [1.807, 2.05) is 37.3 Å². The minimum absolute atomic E-state index is 0.0293. The van der Waals surface area contributed by atoms with Crippen LogP contribution in [0.3, 0.4) is 0 Å². The predicted octanol–water partition coefficient (Wildman–Crippen LogP) is 2.71. The maximum atomic E-state index is 11.3. The number of carbonyl (C=O) groups excluding carboxylic acids is 1. The van der Waals surface area contributed by atoms with E-state index < -0.39 is 0 Å². The first-order valence-corrected chi connectivity index (χ1v) is 5.21. The summed E-state index contributed by atoms with van der Waals surface area (Å²) in [7, 11) is 1.73. The Hall–Kier alpha value is -1.77. The Balaban J connectivity index is 2.91. The third-order valence-corrected chi connectivity index (χ3v) is 2.28. The molecule has 1 atom stereocenters. The number of nitrogens with zero attached hydrogens (tertiary/aromatic N) is 1. The van der Waals surface area contributed by atoms with Crippen LogP contribution in [0.2, 0.25) is 0 Å². The molecule has 1 unspecified atom stereocenters. The number of allylic oxidation sites excluding steroid dienone is 1. The van der Waals surface area contributed by atoms with E-state index in [-0.39, 0.29) is 12.1 Å². The fourth-order valence-electron chi connectivity index (χ4n) is 1.33. The molecule has 0 bridgehead atoms. The van der Waals surface area contributed by atoms with Gasteiger partial charge in [0.2, 0.25) is 5.91 Å². The standard InChI is InChI=1S/C13H17NO2/c1-4-10-16-13(14(3)11(2)15)12-8-6-5-7-9-12/h4-10,13H,1-3H3/b10-4-. The highest BCUT2D eigenvalue weighted by Gasteiger charge is 2.18. The van der Waals surface area contributed by atoms with Crippen LogP contribution in [-0.4, -0.2) is 17.9 Å². The highest BCUT2D eigenvalue weighted by molar-refractivity contribution is 5.73. The summed E-state index contributed by atoms with van der Waals surface area (Å²) in [6, 6.07) is 9.66. The van der Waals surface area contributed by atoms with Gasteiger partial charge in [-0.15, -0.1) is 0 Å². The molecule has 0 fully saturated rings. The first-order chi connectivity index (χ1) is 7.66. The minimum atomic E-state index is -0.366. The molecule has 1 rings (SSSR count). The van der Waals surface area contributed by atoms with Gasteiger partial charge in [-0.3, -0.25) is 4.79 Å². The van der Waals surface area contributed by atoms with Crippen LogP contribution in [-0.2, 0) is 9.53 Å². The van der Waals surface area contributed by atoms with E-state index >= 15 is 0 Å². The molecule has 0 saturated heterocycles. The van der Waals surface area contributed by atoms with Gasteiger partial charge in [-0.2, -0.15) is 0 Å². The Bertz CT molecular complexity index is 359. The summed E-state index contributed by atoms with van der Waals surface area (Å²) in [4.78, 5) is 12.9. The summed E-state index contributed by atoms with van der Waals surface area (Å²) in [6.07, 6.45) is 3.02. The van der Waals surface area contributed by atoms with Crippen LogP contribution in [0.4, 0.5) is 0 Å². The van der Waals surface area contributed by atoms with Gasteiger partial charge in [-0.25, -0.2) is 0 Å². The summed E-state index contributed by atoms with van der Waals surface area (Å²) in [5, 5.41) is 0. The lowest BCUT2D eigenvalue weighted by atomic mass is 10.2. The molecular formula is C13H17NO2. The normalized spacial score (nSPS) is 12.4. The number of rotatable bonds is 4. The Morgan fingerprint density at radius 3 is 2.50 bits per heavy atom. The lowest BCUT2D eigenvalue weighted by molar-refractivity contribution is -0.137. The Morgan fingerprint density at radius 2 is 2.00 bits per heavy atom. The van der Waals surface area contributed by atoms with Crippen molar-refractivity contribution in [2.45, 2.75) is 20.1 Å². The second-order valence-electron chi connectivity index (χ2n) is 3.50. The van der Waals surface area contributed by atoms with Crippen molar-refractivity contribution in [1.29, 1.82) is 0 Å². The van der Waals surface area contributed by atoms with Crippen molar-refractivity contribution < 1.29 is 9.53 Å². The topological polar surface area (TPSA) is 29.5 Å². The molecule has 3 heteroatoms. The third-order valence-electron chi connectivity index (χ3n) is 2.28. The molecule has 1 amide bonds. The van der Waals surface area contributed by atoms with Gasteiger partial charge < -0.3 is 9.64 Å². The lowest BCUT2D eigenvalue weighted by Crippen LogP contribution is -2.29. The maximum absolute atomic E-state index is 11.3. The number of amides is 1. The second kappa shape index (κ2) is 5.95. The maximum Gasteiger partial charge on any atom is 0.222 e. The van der Waals surface area contributed by atoms with E-state index in [2.05, 4.69) is 0 Å². The van der Waals surface area contributed by atoms with Crippen molar-refractivity contribution >= 4 is 5.91 Å². The van der Waals surface area contributed by atoms with E-state index in [1.54, 1.807) is 24.3 Å². The van der Waals surface area contributed by atoms with Gasteiger partial charge in [0, 0.05) is 19.5 Å². The zero-order valence-corrected chi connectivity index (χ0v) is 9.88. The number of hydrogen-bond acceptors (Lipinski definition) is 2. The van der Waals surface area contributed by atoms with Crippen LogP contribution in [0.5, 0.6) is 0 Å². The molecule has 16 heavy (non-hydrogen) atoms. The van der Waals surface area contributed by atoms with E-state index in [1.165, 1.54) is 6.92 Å². The van der Waals surface area contributed by atoms with Crippen LogP contribution in [0.25, 0.3) is 0 Å². The number of carbonyl (C=O) groups is 1. The van der Waals surface area contributed by atoms with Crippen molar-refractivity contribution in [3.63, 3.8) is 0 Å². The first kappa shape index (κ1) is 12.3. The van der Waals surface area contributed by atoms with Gasteiger partial charge >= 0.3 is 0 Å². The van der Waals surface area contributed by atoms with Gasteiger partial charge in [-0.05, 0) is 6.92 Å². The van der Waals surface area contributed by atoms with Crippen LogP contribution in [0.1, 0.15) is 25.6 Å². The molecule has 3 nitrogen and oxygen atoms in total. The summed E-state index contributed by atoms with van der Waals surface area (Å²) in [5.41, 5.74) is 0.957. The number of ether oxygens (including phenoxy) is 1. The Morgan fingerprint density at radius 1 is 1.38 bits per heavy atom. The molecular weight excluding hydrogens is 202 g/mol. The summed E-state index contributed by atoms with van der Waals surface area (Å²) in [6.45, 7) is 3.39. The molecule has 0 aliphatic heterocycles. The molecule has 0 N–H and O–H groups in total. The molecule has 1 aromatic rings. The van der Waals surface area contributed by atoms with Crippen LogP contribution >= 0.6 is 0 Å². The number of benzene rings is 1. The zero-order valence-electron chi connectivity index (χ0n) is 9.88. The molecule has 0 spiro atoms. The fourth-order valence-corrected chi connectivity index (χ4v) is 1.33. The summed E-state index contributed by atoms with van der Waals surface area (Å²) < 4.78 is 5.52. The third kappa shape index (κ3) is 3.12. The molecule has 0 aliphatic carbocycles. The first-order valence-electron chi connectivity index (χ1n) is 5.21. The highest BCUT2D eigenvalue weighted by Crippen LogP contribution is 2.20. The van der Waals surface area contributed by atoms with E-state index in [0.29, 0.717) is 0 Å². The second-order valence-corrected chi connectivity index (χ2v) is 3.50. The molecule has 0 saturated carbocycles. The Kier molecular flexibility index (Phi) is 4.58. The quantitative estimate of drug-likeness (QED) is 0.575. The average molecular weight is 219 g/mol. The van der Waals surface area contributed by atoms with E-state index in [0.717, 1.165) is 5.56 Å². The van der Waals surface area contributed by atoms with Gasteiger partial charge in [0.15, 0.2) is 6.23 Å². The monoisotopic (exact) mass is 219 g/mol. The van der Waals surface area contributed by atoms with E-state index in [4.69, 9.17) is 4.74 Å². The fraction of sp³-hybridized carbons (Fsp3) is 0.308. The zero-order chi connectivity index (χ0) is 12.0. The number of hydrogen-bond donors (Lipinski definition) is 0. The largest absolute Gasteiger partial charge is 0.474 e. The van der Waals surface area contributed by atoms with Crippen LogP contribution in [0.15, 0.2) is 42.7 Å². The van der Waals surface area contributed by atoms with Gasteiger partial charge in [0.25, 0.3) is 0 Å². The van der Waals surface area contributed by atoms with Gasteiger partial charge in [0.1, 0.15) is 0 Å². The average Bonchev–Trinajstić information content (AvgIpc) is 2.30. The van der Waals surface area contributed by atoms with Crippen molar-refractivity contribution in [3.8, 4) is 0 Å². The van der Waals surface area contributed by atoms with Crippen molar-refractivity contribution in [1.82, 2.24) is 4.90 Å². The predicted molar refractivity (Wildman–Crippen MR) is 63.5 cm³/mol. The molecule has 1 aromatic carbocycles. The van der Waals surface area contributed by atoms with Crippen molar-refractivity contribution in [3.05, 3.63) is 48.2 Å². The summed E-state index contributed by atoms with van der Waals surface area (Å²) >= 11 is 0. The minimum Gasteiger partial charge on any atom is -0.474 e. The van der Waals surface area contributed by atoms with E-state index in [9.17, 15) is 4.79 Å². The van der Waals surface area contributed by atoms with Crippen LogP contribution in [0, 0.1) is 0 Å². The highest BCUT2D eigenvalue weighted by atomic mass is 16.5. The smallest absolute Gasteiger partial charge is 0.222 e. The Labute approximate surface area is 96.3 Å². The SMILES string of the molecule is C/C=C\OC(c1ccccc1)N(C)C(C)=O. The molecule has 86 valence electrons. The molecule has 0 aliphatic rings.